The molecule has 1 N–H and O–H groups in total. The third-order valence-electron chi connectivity index (χ3n) is 3.86. The molecule has 0 amide bonds. The summed E-state index contributed by atoms with van der Waals surface area (Å²) in [5.74, 6) is 0.138. The van der Waals surface area contributed by atoms with E-state index in [1.807, 2.05) is 0 Å². The molecule has 1 aliphatic heterocycles. The highest BCUT2D eigenvalue weighted by Gasteiger charge is 2.37. The minimum atomic E-state index is -0.606. The molecule has 2 aliphatic rings. The van der Waals surface area contributed by atoms with Crippen molar-refractivity contribution in [3.05, 3.63) is 0 Å². The van der Waals surface area contributed by atoms with E-state index in [1.54, 1.807) is 0 Å². The molecule has 2 rings (SSSR count). The second kappa shape index (κ2) is 4.52. The summed E-state index contributed by atoms with van der Waals surface area (Å²) in [5.41, 5.74) is 0. The van der Waals surface area contributed by atoms with Crippen molar-refractivity contribution in [1.29, 1.82) is 0 Å². The zero-order chi connectivity index (χ0) is 10.8. The van der Waals surface area contributed by atoms with Gasteiger partial charge < -0.3 is 5.11 Å². The van der Waals surface area contributed by atoms with Crippen molar-refractivity contribution in [3.63, 3.8) is 0 Å². The van der Waals surface area contributed by atoms with E-state index in [2.05, 4.69) is 11.8 Å². The minimum Gasteiger partial charge on any atom is -0.481 e. The molecule has 0 aromatic heterocycles. The zero-order valence-corrected chi connectivity index (χ0v) is 9.48. The van der Waals surface area contributed by atoms with Crippen LogP contribution in [0.1, 0.15) is 39.0 Å². The smallest absolute Gasteiger partial charge is 0.307 e. The maximum absolute atomic E-state index is 11.0. The Balaban J connectivity index is 1.93. The Morgan fingerprint density at radius 1 is 1.47 bits per heavy atom. The van der Waals surface area contributed by atoms with Crippen LogP contribution in [0, 0.1) is 11.8 Å². The van der Waals surface area contributed by atoms with Crippen LogP contribution in [0.5, 0.6) is 0 Å². The summed E-state index contributed by atoms with van der Waals surface area (Å²) >= 11 is 0. The molecule has 2 atom stereocenters. The molecular formula is C12H21NO2. The van der Waals surface area contributed by atoms with Gasteiger partial charge in [0.1, 0.15) is 0 Å². The van der Waals surface area contributed by atoms with Crippen molar-refractivity contribution in [2.45, 2.75) is 45.1 Å². The lowest BCUT2D eigenvalue weighted by atomic mass is 9.95. The van der Waals surface area contributed by atoms with Crippen molar-refractivity contribution in [2.24, 2.45) is 11.8 Å². The van der Waals surface area contributed by atoms with Crippen molar-refractivity contribution < 1.29 is 9.90 Å². The SMILES string of the molecule is CCC(C1CC1)N1CCCC(C(=O)O)C1. The molecule has 0 spiro atoms. The second-order valence-corrected chi connectivity index (χ2v) is 4.99. The number of rotatable bonds is 4. The molecular weight excluding hydrogens is 190 g/mol. The van der Waals surface area contributed by atoms with Crippen molar-refractivity contribution in [3.8, 4) is 0 Å². The Morgan fingerprint density at radius 2 is 2.20 bits per heavy atom. The van der Waals surface area contributed by atoms with Gasteiger partial charge in [-0.15, -0.1) is 0 Å². The number of carboxylic acid groups (broad SMARTS) is 1. The van der Waals surface area contributed by atoms with E-state index >= 15 is 0 Å². The number of carbonyl (C=O) groups is 1. The first-order valence-corrected chi connectivity index (χ1v) is 6.19. The molecule has 0 aromatic rings. The highest BCUT2D eigenvalue weighted by atomic mass is 16.4. The number of hydrogen-bond acceptors (Lipinski definition) is 2. The van der Waals surface area contributed by atoms with Gasteiger partial charge in [-0.25, -0.2) is 0 Å². The molecule has 0 bridgehead atoms. The first kappa shape index (κ1) is 10.9. The van der Waals surface area contributed by atoms with E-state index < -0.39 is 5.97 Å². The molecule has 1 aliphatic carbocycles. The zero-order valence-electron chi connectivity index (χ0n) is 9.48. The van der Waals surface area contributed by atoms with Gasteiger partial charge in [0.25, 0.3) is 0 Å². The lowest BCUT2D eigenvalue weighted by molar-refractivity contribution is -0.144. The lowest BCUT2D eigenvalue weighted by Crippen LogP contribution is -2.45. The Morgan fingerprint density at radius 3 is 2.73 bits per heavy atom. The topological polar surface area (TPSA) is 40.5 Å². The molecule has 1 heterocycles. The summed E-state index contributed by atoms with van der Waals surface area (Å²) < 4.78 is 0. The van der Waals surface area contributed by atoms with Gasteiger partial charge in [0, 0.05) is 12.6 Å². The summed E-state index contributed by atoms with van der Waals surface area (Å²) in [5, 5.41) is 9.04. The van der Waals surface area contributed by atoms with Gasteiger partial charge in [0.2, 0.25) is 0 Å². The highest BCUT2D eigenvalue weighted by Crippen LogP contribution is 2.38. The van der Waals surface area contributed by atoms with Crippen LogP contribution in [-0.2, 0) is 4.79 Å². The van der Waals surface area contributed by atoms with Crippen LogP contribution in [0.3, 0.4) is 0 Å². The summed E-state index contributed by atoms with van der Waals surface area (Å²) in [6.45, 7) is 4.12. The molecule has 86 valence electrons. The summed E-state index contributed by atoms with van der Waals surface area (Å²) in [7, 11) is 0. The van der Waals surface area contributed by atoms with Crippen molar-refractivity contribution in [1.82, 2.24) is 4.90 Å². The number of likely N-dealkylation sites (tertiary alicyclic amines) is 1. The van der Waals surface area contributed by atoms with Crippen LogP contribution in [0.2, 0.25) is 0 Å². The number of aliphatic carboxylic acids is 1. The molecule has 15 heavy (non-hydrogen) atoms. The van der Waals surface area contributed by atoms with Gasteiger partial charge in [0.05, 0.1) is 5.92 Å². The Hall–Kier alpha value is -0.570. The molecule has 0 aromatic carbocycles. The van der Waals surface area contributed by atoms with E-state index in [1.165, 1.54) is 19.3 Å². The standard InChI is InChI=1S/C12H21NO2/c1-2-11(9-5-6-9)13-7-3-4-10(8-13)12(14)15/h9-11H,2-8H2,1H3,(H,14,15). The van der Waals surface area contributed by atoms with E-state index in [0.717, 1.165) is 31.8 Å². The average molecular weight is 211 g/mol. The lowest BCUT2D eigenvalue weighted by Gasteiger charge is -2.36. The predicted octanol–water partition coefficient (Wildman–Crippen LogP) is 1.97. The van der Waals surface area contributed by atoms with Crippen LogP contribution >= 0.6 is 0 Å². The minimum absolute atomic E-state index is 0.119. The molecule has 3 heteroatoms. The van der Waals surface area contributed by atoms with Gasteiger partial charge in [0.15, 0.2) is 0 Å². The van der Waals surface area contributed by atoms with Crippen LogP contribution in [0.25, 0.3) is 0 Å². The van der Waals surface area contributed by atoms with E-state index in [0.29, 0.717) is 6.04 Å². The van der Waals surface area contributed by atoms with Crippen molar-refractivity contribution in [2.75, 3.05) is 13.1 Å². The van der Waals surface area contributed by atoms with Gasteiger partial charge in [-0.05, 0) is 44.6 Å². The normalized spacial score (nSPS) is 30.1. The van der Waals surface area contributed by atoms with E-state index in [4.69, 9.17) is 5.11 Å². The van der Waals surface area contributed by atoms with E-state index in [9.17, 15) is 4.79 Å². The fourth-order valence-electron chi connectivity index (χ4n) is 2.88. The fraction of sp³-hybridized carbons (Fsp3) is 0.917. The second-order valence-electron chi connectivity index (χ2n) is 4.99. The predicted molar refractivity (Wildman–Crippen MR) is 58.7 cm³/mol. The number of piperidine rings is 1. The van der Waals surface area contributed by atoms with Crippen LogP contribution in [0.4, 0.5) is 0 Å². The Kier molecular flexibility index (Phi) is 3.29. The summed E-state index contributed by atoms with van der Waals surface area (Å²) in [6, 6.07) is 0.659. The Bertz CT molecular complexity index is 238. The molecule has 2 fully saturated rings. The average Bonchev–Trinajstić information content (AvgIpc) is 3.04. The molecule has 3 nitrogen and oxygen atoms in total. The number of hydrogen-bond donors (Lipinski definition) is 1. The molecule has 1 saturated carbocycles. The third kappa shape index (κ3) is 2.51. The fourth-order valence-corrected chi connectivity index (χ4v) is 2.88. The third-order valence-corrected chi connectivity index (χ3v) is 3.86. The van der Waals surface area contributed by atoms with Crippen molar-refractivity contribution >= 4 is 5.97 Å². The van der Waals surface area contributed by atoms with Crippen LogP contribution in [0.15, 0.2) is 0 Å². The molecule has 1 saturated heterocycles. The number of carboxylic acids is 1. The molecule has 2 unspecified atom stereocenters. The maximum atomic E-state index is 11.0. The van der Waals surface area contributed by atoms with Gasteiger partial charge in [-0.2, -0.15) is 0 Å². The Labute approximate surface area is 91.5 Å². The van der Waals surface area contributed by atoms with E-state index in [-0.39, 0.29) is 5.92 Å². The largest absolute Gasteiger partial charge is 0.481 e. The highest BCUT2D eigenvalue weighted by molar-refractivity contribution is 5.70. The van der Waals surface area contributed by atoms with Gasteiger partial charge in [-0.1, -0.05) is 6.92 Å². The molecule has 0 radical (unpaired) electrons. The van der Waals surface area contributed by atoms with Gasteiger partial charge in [-0.3, -0.25) is 9.69 Å². The quantitative estimate of drug-likeness (QED) is 0.773. The summed E-state index contributed by atoms with van der Waals surface area (Å²) in [4.78, 5) is 13.4. The summed E-state index contributed by atoms with van der Waals surface area (Å²) in [6.07, 6.45) is 5.81. The first-order valence-electron chi connectivity index (χ1n) is 6.19. The first-order chi connectivity index (χ1) is 7.22. The monoisotopic (exact) mass is 211 g/mol. The van der Waals surface area contributed by atoms with Crippen LogP contribution < -0.4 is 0 Å². The van der Waals surface area contributed by atoms with Crippen LogP contribution in [-0.4, -0.2) is 35.1 Å². The van der Waals surface area contributed by atoms with Gasteiger partial charge >= 0.3 is 5.97 Å². The number of nitrogens with zero attached hydrogens (tertiary/aromatic N) is 1. The maximum Gasteiger partial charge on any atom is 0.307 e.